The standard InChI is InChI=1S/C18H22N2O3S/c1-2-3-7-13-19-24(22,23)17-12-8-9-15(14-17)18(21)20-16-10-5-4-6-11-16/h4-6,8-12,14,19H,2-3,7,13H2,1H3,(H,20,21). The molecule has 0 aromatic heterocycles. The largest absolute Gasteiger partial charge is 0.322 e. The van der Waals surface area contributed by atoms with Crippen molar-refractivity contribution in [3.63, 3.8) is 0 Å². The Hall–Kier alpha value is -2.18. The Labute approximate surface area is 143 Å². The minimum atomic E-state index is -3.60. The third-order valence-electron chi connectivity index (χ3n) is 3.51. The Bertz CT molecular complexity index is 774. The molecule has 0 fully saturated rings. The number of sulfonamides is 1. The van der Waals surface area contributed by atoms with Crippen molar-refractivity contribution in [2.24, 2.45) is 0 Å². The van der Waals surface area contributed by atoms with Crippen LogP contribution >= 0.6 is 0 Å². The second kappa shape index (κ2) is 8.61. The molecule has 1 amide bonds. The molecular formula is C18H22N2O3S. The van der Waals surface area contributed by atoms with Crippen LogP contribution in [-0.4, -0.2) is 20.9 Å². The minimum absolute atomic E-state index is 0.0970. The molecule has 0 aliphatic heterocycles. The highest BCUT2D eigenvalue weighted by Gasteiger charge is 2.15. The van der Waals surface area contributed by atoms with Crippen molar-refractivity contribution < 1.29 is 13.2 Å². The van der Waals surface area contributed by atoms with Gasteiger partial charge < -0.3 is 5.32 Å². The number of anilines is 1. The Kier molecular flexibility index (Phi) is 6.52. The summed E-state index contributed by atoms with van der Waals surface area (Å²) in [5.74, 6) is -0.343. The molecule has 0 saturated heterocycles. The van der Waals surface area contributed by atoms with Crippen molar-refractivity contribution in [3.8, 4) is 0 Å². The first-order chi connectivity index (χ1) is 11.5. The van der Waals surface area contributed by atoms with Crippen LogP contribution in [-0.2, 0) is 10.0 Å². The van der Waals surface area contributed by atoms with Crippen molar-refractivity contribution in [3.05, 3.63) is 60.2 Å². The first kappa shape index (κ1) is 18.2. The lowest BCUT2D eigenvalue weighted by atomic mass is 10.2. The van der Waals surface area contributed by atoms with Crippen molar-refractivity contribution in [1.29, 1.82) is 0 Å². The van der Waals surface area contributed by atoms with Crippen LogP contribution in [0.4, 0.5) is 5.69 Å². The first-order valence-corrected chi connectivity index (χ1v) is 9.47. The van der Waals surface area contributed by atoms with Gasteiger partial charge in [-0.15, -0.1) is 0 Å². The van der Waals surface area contributed by atoms with E-state index < -0.39 is 10.0 Å². The molecule has 2 N–H and O–H groups in total. The predicted octanol–water partition coefficient (Wildman–Crippen LogP) is 3.41. The number of benzene rings is 2. The summed E-state index contributed by atoms with van der Waals surface area (Å²) in [7, 11) is -3.60. The maximum absolute atomic E-state index is 12.3. The van der Waals surface area contributed by atoms with E-state index in [0.29, 0.717) is 17.8 Å². The number of hydrogen-bond donors (Lipinski definition) is 2. The number of carbonyl (C=O) groups excluding carboxylic acids is 1. The molecule has 0 atom stereocenters. The maximum Gasteiger partial charge on any atom is 0.255 e. The van der Waals surface area contributed by atoms with E-state index in [1.165, 1.54) is 12.1 Å². The van der Waals surface area contributed by atoms with Crippen LogP contribution < -0.4 is 10.0 Å². The fourth-order valence-electron chi connectivity index (χ4n) is 2.19. The molecular weight excluding hydrogens is 324 g/mol. The normalized spacial score (nSPS) is 11.2. The molecule has 0 saturated carbocycles. The molecule has 2 rings (SSSR count). The van der Waals surface area contributed by atoms with Gasteiger partial charge in [-0.25, -0.2) is 13.1 Å². The summed E-state index contributed by atoms with van der Waals surface area (Å²) in [6.07, 6.45) is 2.79. The van der Waals surface area contributed by atoms with Gasteiger partial charge in [-0.1, -0.05) is 44.0 Å². The fraction of sp³-hybridized carbons (Fsp3) is 0.278. The molecule has 0 spiro atoms. The topological polar surface area (TPSA) is 75.3 Å². The summed E-state index contributed by atoms with van der Waals surface area (Å²) in [6.45, 7) is 2.46. The fourth-order valence-corrected chi connectivity index (χ4v) is 3.31. The zero-order valence-electron chi connectivity index (χ0n) is 13.7. The summed E-state index contributed by atoms with van der Waals surface area (Å²) in [5, 5.41) is 2.74. The number of unbranched alkanes of at least 4 members (excludes halogenated alkanes) is 2. The van der Waals surface area contributed by atoms with Gasteiger partial charge in [0.05, 0.1) is 4.90 Å². The second-order valence-electron chi connectivity index (χ2n) is 5.45. The smallest absolute Gasteiger partial charge is 0.255 e. The van der Waals surface area contributed by atoms with Gasteiger partial charge in [-0.3, -0.25) is 4.79 Å². The molecule has 6 heteroatoms. The highest BCUT2D eigenvalue weighted by atomic mass is 32.2. The zero-order chi connectivity index (χ0) is 17.4. The predicted molar refractivity (Wildman–Crippen MR) is 95.6 cm³/mol. The van der Waals surface area contributed by atoms with E-state index in [-0.39, 0.29) is 10.8 Å². The van der Waals surface area contributed by atoms with Crippen LogP contribution in [0.2, 0.25) is 0 Å². The molecule has 0 unspecified atom stereocenters. The summed E-state index contributed by atoms with van der Waals surface area (Å²) in [4.78, 5) is 12.4. The molecule has 5 nitrogen and oxygen atoms in total. The summed E-state index contributed by atoms with van der Waals surface area (Å²) in [6, 6.07) is 15.1. The van der Waals surface area contributed by atoms with E-state index in [1.807, 2.05) is 18.2 Å². The number of rotatable bonds is 8. The average Bonchev–Trinajstić information content (AvgIpc) is 2.60. The third-order valence-corrected chi connectivity index (χ3v) is 4.97. The highest BCUT2D eigenvalue weighted by molar-refractivity contribution is 7.89. The molecule has 0 aliphatic carbocycles. The van der Waals surface area contributed by atoms with E-state index in [9.17, 15) is 13.2 Å². The van der Waals surface area contributed by atoms with Gasteiger partial charge in [0.2, 0.25) is 10.0 Å². The van der Waals surface area contributed by atoms with Gasteiger partial charge >= 0.3 is 0 Å². The van der Waals surface area contributed by atoms with Gasteiger partial charge in [0.15, 0.2) is 0 Å². The maximum atomic E-state index is 12.3. The SMILES string of the molecule is CCCCCNS(=O)(=O)c1cccc(C(=O)Nc2ccccc2)c1. The van der Waals surface area contributed by atoms with Gasteiger partial charge in [-0.05, 0) is 36.8 Å². The van der Waals surface area contributed by atoms with E-state index in [2.05, 4.69) is 17.0 Å². The number of nitrogens with one attached hydrogen (secondary N) is 2. The first-order valence-electron chi connectivity index (χ1n) is 7.99. The van der Waals surface area contributed by atoms with Crippen molar-refractivity contribution in [2.45, 2.75) is 31.1 Å². The van der Waals surface area contributed by atoms with Crippen LogP contribution in [0, 0.1) is 0 Å². The quantitative estimate of drug-likeness (QED) is 0.719. The van der Waals surface area contributed by atoms with Crippen LogP contribution in [0.3, 0.4) is 0 Å². The molecule has 128 valence electrons. The Morgan fingerprint density at radius 2 is 1.75 bits per heavy atom. The van der Waals surface area contributed by atoms with Gasteiger partial charge in [0.25, 0.3) is 5.91 Å². The Morgan fingerprint density at radius 1 is 1.00 bits per heavy atom. The lowest BCUT2D eigenvalue weighted by Gasteiger charge is -2.09. The average molecular weight is 346 g/mol. The number of para-hydroxylation sites is 1. The number of amides is 1. The molecule has 0 aliphatic rings. The highest BCUT2D eigenvalue weighted by Crippen LogP contribution is 2.14. The van der Waals surface area contributed by atoms with E-state index in [4.69, 9.17) is 0 Å². The number of carbonyl (C=O) groups is 1. The van der Waals surface area contributed by atoms with E-state index in [0.717, 1.165) is 19.3 Å². The molecule has 0 bridgehead atoms. The zero-order valence-corrected chi connectivity index (χ0v) is 14.5. The molecule has 0 heterocycles. The monoisotopic (exact) mass is 346 g/mol. The molecule has 2 aromatic carbocycles. The van der Waals surface area contributed by atoms with Crippen LogP contribution in [0.5, 0.6) is 0 Å². The van der Waals surface area contributed by atoms with E-state index >= 15 is 0 Å². The van der Waals surface area contributed by atoms with Crippen molar-refractivity contribution >= 4 is 21.6 Å². The molecule has 24 heavy (non-hydrogen) atoms. The van der Waals surface area contributed by atoms with E-state index in [1.54, 1.807) is 24.3 Å². The summed E-state index contributed by atoms with van der Waals surface area (Å²) < 4.78 is 27.1. The Balaban J connectivity index is 2.09. The third kappa shape index (κ3) is 5.18. The Morgan fingerprint density at radius 3 is 2.46 bits per heavy atom. The van der Waals surface area contributed by atoms with Gasteiger partial charge in [0, 0.05) is 17.8 Å². The summed E-state index contributed by atoms with van der Waals surface area (Å²) in [5.41, 5.74) is 0.962. The summed E-state index contributed by atoms with van der Waals surface area (Å²) >= 11 is 0. The van der Waals surface area contributed by atoms with Gasteiger partial charge in [-0.2, -0.15) is 0 Å². The molecule has 0 radical (unpaired) electrons. The van der Waals surface area contributed by atoms with Crippen molar-refractivity contribution in [1.82, 2.24) is 4.72 Å². The van der Waals surface area contributed by atoms with Crippen LogP contribution in [0.15, 0.2) is 59.5 Å². The minimum Gasteiger partial charge on any atom is -0.322 e. The second-order valence-corrected chi connectivity index (χ2v) is 7.22. The van der Waals surface area contributed by atoms with Gasteiger partial charge in [0.1, 0.15) is 0 Å². The van der Waals surface area contributed by atoms with Crippen molar-refractivity contribution in [2.75, 3.05) is 11.9 Å². The lowest BCUT2D eigenvalue weighted by Crippen LogP contribution is -2.25. The lowest BCUT2D eigenvalue weighted by molar-refractivity contribution is 0.102. The molecule has 2 aromatic rings. The van der Waals surface area contributed by atoms with Crippen LogP contribution in [0.1, 0.15) is 36.5 Å². The van der Waals surface area contributed by atoms with Crippen LogP contribution in [0.25, 0.3) is 0 Å². The number of hydrogen-bond acceptors (Lipinski definition) is 3.